The van der Waals surface area contributed by atoms with Gasteiger partial charge in [0.1, 0.15) is 18.1 Å². The third kappa shape index (κ3) is 8.31. The maximum absolute atomic E-state index is 12.8. The van der Waals surface area contributed by atoms with Crippen LogP contribution >= 0.6 is 0 Å². The Morgan fingerprint density at radius 3 is 2.03 bits per heavy atom. The molecule has 1 aromatic heterocycles. The van der Waals surface area contributed by atoms with Crippen LogP contribution in [0.25, 0.3) is 0 Å². The highest BCUT2D eigenvalue weighted by atomic mass is 16.4. The molecule has 9 N–H and O–H groups in total. The summed E-state index contributed by atoms with van der Waals surface area (Å²) in [5, 5.41) is 33.9. The number of carbonyl (C=O) groups is 5. The lowest BCUT2D eigenvalue weighted by Gasteiger charge is -2.24. The van der Waals surface area contributed by atoms with Crippen LogP contribution in [0.1, 0.15) is 26.0 Å². The standard InChI is InChI=1S/C18H28N6O8/c1-8(2)14(19)17(30)22-10(3-9-5-20-7-21-9)15(28)24-12(6-25)16(29)23-11(18(31)32)4-13(26)27/h5,7-8,10-12,14,25H,3-4,6,19H2,1-2H3,(H,20,21)(H,22,30)(H,23,29)(H,24,28)(H,26,27)(H,31,32). The van der Waals surface area contributed by atoms with Crippen LogP contribution in [0.4, 0.5) is 0 Å². The average Bonchev–Trinajstić information content (AvgIpc) is 3.22. The molecule has 1 rings (SSSR count). The minimum atomic E-state index is -1.77. The third-order valence-corrected chi connectivity index (χ3v) is 4.44. The first kappa shape index (κ1) is 26.5. The normalized spacial score (nSPS) is 14.7. The lowest BCUT2D eigenvalue weighted by Crippen LogP contribution is -2.59. The van der Waals surface area contributed by atoms with Crippen molar-refractivity contribution in [1.29, 1.82) is 0 Å². The van der Waals surface area contributed by atoms with E-state index in [1.165, 1.54) is 12.5 Å². The van der Waals surface area contributed by atoms with E-state index < -0.39 is 66.9 Å². The molecule has 0 aliphatic carbocycles. The molecule has 0 aliphatic rings. The monoisotopic (exact) mass is 456 g/mol. The predicted octanol–water partition coefficient (Wildman–Crippen LogP) is -3.06. The van der Waals surface area contributed by atoms with Gasteiger partial charge in [-0.25, -0.2) is 9.78 Å². The molecule has 0 saturated heterocycles. The molecule has 3 amide bonds. The number of aliphatic carboxylic acids is 2. The van der Waals surface area contributed by atoms with E-state index in [1.54, 1.807) is 13.8 Å². The molecule has 14 heteroatoms. The number of nitrogens with one attached hydrogen (secondary N) is 4. The number of aromatic nitrogens is 2. The first-order chi connectivity index (χ1) is 15.0. The number of carbonyl (C=O) groups excluding carboxylic acids is 3. The summed E-state index contributed by atoms with van der Waals surface area (Å²) in [6, 6.07) is -5.48. The summed E-state index contributed by atoms with van der Waals surface area (Å²) < 4.78 is 0. The molecular formula is C18H28N6O8. The maximum Gasteiger partial charge on any atom is 0.326 e. The van der Waals surface area contributed by atoms with Gasteiger partial charge in [0, 0.05) is 18.3 Å². The molecule has 1 aromatic rings. The fraction of sp³-hybridized carbons (Fsp3) is 0.556. The number of aliphatic hydroxyl groups is 1. The van der Waals surface area contributed by atoms with Crippen LogP contribution in [0.15, 0.2) is 12.5 Å². The van der Waals surface area contributed by atoms with Gasteiger partial charge in [-0.1, -0.05) is 13.8 Å². The Hall–Kier alpha value is -3.52. The summed E-state index contributed by atoms with van der Waals surface area (Å²) in [4.78, 5) is 65.9. The highest BCUT2D eigenvalue weighted by molar-refractivity contribution is 5.94. The number of aromatic amines is 1. The quantitative estimate of drug-likeness (QED) is 0.149. The number of aliphatic hydroxyl groups excluding tert-OH is 1. The summed E-state index contributed by atoms with van der Waals surface area (Å²) in [5.41, 5.74) is 6.30. The van der Waals surface area contributed by atoms with E-state index in [0.717, 1.165) is 0 Å². The fourth-order valence-electron chi connectivity index (χ4n) is 2.51. The van der Waals surface area contributed by atoms with Gasteiger partial charge >= 0.3 is 11.9 Å². The molecule has 0 spiro atoms. The van der Waals surface area contributed by atoms with Crippen LogP contribution in [-0.2, 0) is 30.4 Å². The summed E-state index contributed by atoms with van der Waals surface area (Å²) in [7, 11) is 0. The Labute approximate surface area is 183 Å². The van der Waals surface area contributed by atoms with E-state index in [9.17, 15) is 29.1 Å². The molecule has 4 unspecified atom stereocenters. The molecule has 0 fully saturated rings. The van der Waals surface area contributed by atoms with E-state index >= 15 is 0 Å². The van der Waals surface area contributed by atoms with E-state index in [2.05, 4.69) is 20.6 Å². The number of nitrogens with two attached hydrogens (primary N) is 1. The van der Waals surface area contributed by atoms with Gasteiger partial charge in [0.2, 0.25) is 17.7 Å². The Balaban J connectivity index is 2.94. The van der Waals surface area contributed by atoms with Crippen molar-refractivity contribution in [3.8, 4) is 0 Å². The number of H-pyrrole nitrogens is 1. The number of imidazole rings is 1. The van der Waals surface area contributed by atoms with Crippen LogP contribution in [-0.4, -0.2) is 85.7 Å². The molecule has 4 atom stereocenters. The summed E-state index contributed by atoms with van der Waals surface area (Å²) in [5.74, 6) is -5.87. The van der Waals surface area contributed by atoms with Gasteiger partial charge in [-0.3, -0.25) is 19.2 Å². The van der Waals surface area contributed by atoms with Crippen LogP contribution in [0.3, 0.4) is 0 Å². The van der Waals surface area contributed by atoms with Crippen molar-refractivity contribution in [3.63, 3.8) is 0 Å². The number of amides is 3. The average molecular weight is 456 g/mol. The molecular weight excluding hydrogens is 428 g/mol. The van der Waals surface area contributed by atoms with Gasteiger partial charge in [0.25, 0.3) is 0 Å². The topological polar surface area (TPSA) is 237 Å². The third-order valence-electron chi connectivity index (χ3n) is 4.44. The van der Waals surface area contributed by atoms with Gasteiger partial charge in [0.15, 0.2) is 0 Å². The number of hydrogen-bond donors (Lipinski definition) is 8. The first-order valence-electron chi connectivity index (χ1n) is 9.65. The zero-order valence-electron chi connectivity index (χ0n) is 17.6. The zero-order valence-corrected chi connectivity index (χ0v) is 17.6. The van der Waals surface area contributed by atoms with Crippen molar-refractivity contribution in [2.45, 2.75) is 50.9 Å². The Bertz CT molecular complexity index is 812. The van der Waals surface area contributed by atoms with E-state index in [-0.39, 0.29) is 12.3 Å². The van der Waals surface area contributed by atoms with Crippen molar-refractivity contribution < 1.29 is 39.3 Å². The van der Waals surface area contributed by atoms with Gasteiger partial charge < -0.3 is 42.0 Å². The van der Waals surface area contributed by atoms with Crippen molar-refractivity contribution in [3.05, 3.63) is 18.2 Å². The Morgan fingerprint density at radius 1 is 1.00 bits per heavy atom. The summed E-state index contributed by atoms with van der Waals surface area (Å²) in [6.45, 7) is 2.53. The molecule has 14 nitrogen and oxygen atoms in total. The van der Waals surface area contributed by atoms with E-state index in [1.807, 2.05) is 5.32 Å². The second-order valence-electron chi connectivity index (χ2n) is 7.35. The molecule has 0 radical (unpaired) electrons. The second kappa shape index (κ2) is 12.4. The minimum absolute atomic E-state index is 0.0427. The van der Waals surface area contributed by atoms with Crippen LogP contribution in [0, 0.1) is 5.92 Å². The van der Waals surface area contributed by atoms with Gasteiger partial charge in [-0.05, 0) is 5.92 Å². The van der Waals surface area contributed by atoms with E-state index in [4.69, 9.17) is 15.9 Å². The molecule has 0 saturated carbocycles. The molecule has 32 heavy (non-hydrogen) atoms. The highest BCUT2D eigenvalue weighted by Gasteiger charge is 2.31. The molecule has 1 heterocycles. The SMILES string of the molecule is CC(C)C(N)C(=O)NC(Cc1cnc[nH]1)C(=O)NC(CO)C(=O)NC(CC(=O)O)C(=O)O. The van der Waals surface area contributed by atoms with Gasteiger partial charge in [-0.15, -0.1) is 0 Å². The van der Waals surface area contributed by atoms with Crippen molar-refractivity contribution in [2.75, 3.05) is 6.61 Å². The smallest absolute Gasteiger partial charge is 0.326 e. The summed E-state index contributed by atoms with van der Waals surface area (Å²) >= 11 is 0. The highest BCUT2D eigenvalue weighted by Crippen LogP contribution is 2.04. The number of rotatable bonds is 13. The lowest BCUT2D eigenvalue weighted by molar-refractivity contribution is -0.147. The zero-order chi connectivity index (χ0) is 24.4. The summed E-state index contributed by atoms with van der Waals surface area (Å²) in [6.07, 6.45) is 1.84. The molecule has 0 aliphatic heterocycles. The Morgan fingerprint density at radius 2 is 1.56 bits per heavy atom. The Kier molecular flexibility index (Phi) is 10.2. The van der Waals surface area contributed by atoms with Crippen LogP contribution in [0.5, 0.6) is 0 Å². The van der Waals surface area contributed by atoms with Crippen LogP contribution < -0.4 is 21.7 Å². The lowest BCUT2D eigenvalue weighted by atomic mass is 10.0. The maximum atomic E-state index is 12.8. The van der Waals surface area contributed by atoms with Crippen molar-refractivity contribution >= 4 is 29.7 Å². The molecule has 0 aromatic carbocycles. The van der Waals surface area contributed by atoms with Gasteiger partial charge in [0.05, 0.1) is 25.4 Å². The number of carboxylic acid groups (broad SMARTS) is 2. The van der Waals surface area contributed by atoms with Crippen LogP contribution in [0.2, 0.25) is 0 Å². The second-order valence-corrected chi connectivity index (χ2v) is 7.35. The van der Waals surface area contributed by atoms with Crippen molar-refractivity contribution in [2.24, 2.45) is 11.7 Å². The van der Waals surface area contributed by atoms with E-state index in [0.29, 0.717) is 5.69 Å². The fourth-order valence-corrected chi connectivity index (χ4v) is 2.51. The largest absolute Gasteiger partial charge is 0.481 e. The number of carboxylic acids is 2. The minimum Gasteiger partial charge on any atom is -0.481 e. The molecule has 178 valence electrons. The first-order valence-corrected chi connectivity index (χ1v) is 9.65. The van der Waals surface area contributed by atoms with Gasteiger partial charge in [-0.2, -0.15) is 0 Å². The molecule has 0 bridgehead atoms. The predicted molar refractivity (Wildman–Crippen MR) is 108 cm³/mol. The number of hydrogen-bond acceptors (Lipinski definition) is 8. The number of nitrogens with zero attached hydrogens (tertiary/aromatic N) is 1. The van der Waals surface area contributed by atoms with Crippen molar-refractivity contribution in [1.82, 2.24) is 25.9 Å².